The molecular formula is C15H22N2O. The van der Waals surface area contributed by atoms with E-state index in [4.69, 9.17) is 0 Å². The van der Waals surface area contributed by atoms with E-state index in [1.807, 2.05) is 0 Å². The fourth-order valence-corrected chi connectivity index (χ4v) is 3.50. The second kappa shape index (κ2) is 4.56. The van der Waals surface area contributed by atoms with Gasteiger partial charge in [0.15, 0.2) is 0 Å². The van der Waals surface area contributed by atoms with Crippen LogP contribution in [-0.2, 0) is 6.42 Å². The minimum atomic E-state index is -0.570. The van der Waals surface area contributed by atoms with Crippen molar-refractivity contribution in [3.8, 4) is 0 Å². The number of aliphatic hydroxyl groups is 1. The van der Waals surface area contributed by atoms with Gasteiger partial charge in [-0.05, 0) is 37.4 Å². The van der Waals surface area contributed by atoms with Gasteiger partial charge < -0.3 is 15.7 Å². The van der Waals surface area contributed by atoms with Gasteiger partial charge >= 0.3 is 0 Å². The predicted octanol–water partition coefficient (Wildman–Crippen LogP) is 1.77. The largest absolute Gasteiger partial charge is 0.387 e. The van der Waals surface area contributed by atoms with Crippen LogP contribution in [-0.4, -0.2) is 29.8 Å². The number of anilines is 1. The summed E-state index contributed by atoms with van der Waals surface area (Å²) in [6.45, 7) is 4.02. The smallest absolute Gasteiger partial charge is 0.0903 e. The van der Waals surface area contributed by atoms with Crippen molar-refractivity contribution in [2.45, 2.75) is 37.8 Å². The van der Waals surface area contributed by atoms with Gasteiger partial charge in [0.1, 0.15) is 0 Å². The molecule has 3 rings (SSSR count). The Morgan fingerprint density at radius 1 is 1.39 bits per heavy atom. The standard InChI is InChI=1S/C15H22N2O/c1-2-12-10-16-8-7-15(12,18)14-9-11-5-3-4-6-13(11)17-14/h3-6,12,14,16-18H,2,7-10H2,1H3. The zero-order chi connectivity index (χ0) is 12.6. The highest BCUT2D eigenvalue weighted by molar-refractivity contribution is 5.57. The lowest BCUT2D eigenvalue weighted by Gasteiger charge is -2.44. The molecule has 3 nitrogen and oxygen atoms in total. The van der Waals surface area contributed by atoms with Gasteiger partial charge in [-0.2, -0.15) is 0 Å². The van der Waals surface area contributed by atoms with Crippen molar-refractivity contribution >= 4 is 5.69 Å². The second-order valence-corrected chi connectivity index (χ2v) is 5.61. The van der Waals surface area contributed by atoms with Crippen molar-refractivity contribution in [1.82, 2.24) is 5.32 Å². The summed E-state index contributed by atoms with van der Waals surface area (Å²) in [4.78, 5) is 0. The van der Waals surface area contributed by atoms with Crippen molar-refractivity contribution in [3.63, 3.8) is 0 Å². The molecule has 0 spiro atoms. The van der Waals surface area contributed by atoms with E-state index < -0.39 is 5.60 Å². The maximum atomic E-state index is 11.1. The van der Waals surface area contributed by atoms with Gasteiger partial charge in [-0.25, -0.2) is 0 Å². The van der Waals surface area contributed by atoms with E-state index in [0.29, 0.717) is 5.92 Å². The molecule has 1 aromatic carbocycles. The predicted molar refractivity (Wildman–Crippen MR) is 73.8 cm³/mol. The van der Waals surface area contributed by atoms with Crippen molar-refractivity contribution < 1.29 is 5.11 Å². The van der Waals surface area contributed by atoms with Gasteiger partial charge in [0.2, 0.25) is 0 Å². The molecule has 0 aliphatic carbocycles. The van der Waals surface area contributed by atoms with Gasteiger partial charge in [0, 0.05) is 18.2 Å². The summed E-state index contributed by atoms with van der Waals surface area (Å²) in [6.07, 6.45) is 2.82. The third-order valence-corrected chi connectivity index (χ3v) is 4.67. The average Bonchev–Trinajstić information content (AvgIpc) is 2.83. The first-order valence-electron chi connectivity index (χ1n) is 7.01. The van der Waals surface area contributed by atoms with Crippen LogP contribution in [0.2, 0.25) is 0 Å². The zero-order valence-corrected chi connectivity index (χ0v) is 10.9. The van der Waals surface area contributed by atoms with E-state index in [1.54, 1.807) is 0 Å². The van der Waals surface area contributed by atoms with E-state index >= 15 is 0 Å². The highest BCUT2D eigenvalue weighted by Crippen LogP contribution is 2.38. The molecule has 3 N–H and O–H groups in total. The Bertz CT molecular complexity index is 409. The molecule has 3 unspecified atom stereocenters. The molecule has 18 heavy (non-hydrogen) atoms. The van der Waals surface area contributed by atoms with Crippen molar-refractivity contribution in [2.24, 2.45) is 5.92 Å². The number of piperidine rings is 1. The Kier molecular flexibility index (Phi) is 3.04. The number of hydrogen-bond donors (Lipinski definition) is 3. The quantitative estimate of drug-likeness (QED) is 0.745. The summed E-state index contributed by atoms with van der Waals surface area (Å²) in [5, 5.41) is 18.0. The topological polar surface area (TPSA) is 44.3 Å². The number of para-hydroxylation sites is 1. The van der Waals surface area contributed by atoms with Crippen LogP contribution in [0.4, 0.5) is 5.69 Å². The van der Waals surface area contributed by atoms with E-state index in [1.165, 1.54) is 11.3 Å². The van der Waals surface area contributed by atoms with Crippen molar-refractivity contribution in [3.05, 3.63) is 29.8 Å². The Hall–Kier alpha value is -1.06. The molecule has 0 saturated carbocycles. The molecule has 2 aliphatic rings. The van der Waals surface area contributed by atoms with Gasteiger partial charge in [-0.1, -0.05) is 25.1 Å². The molecule has 1 saturated heterocycles. The van der Waals surface area contributed by atoms with Crippen LogP contribution in [0.3, 0.4) is 0 Å². The number of nitrogens with one attached hydrogen (secondary N) is 2. The number of benzene rings is 1. The summed E-state index contributed by atoms with van der Waals surface area (Å²) in [7, 11) is 0. The van der Waals surface area contributed by atoms with Gasteiger partial charge in [-0.15, -0.1) is 0 Å². The number of fused-ring (bicyclic) bond motifs is 1. The van der Waals surface area contributed by atoms with E-state index in [0.717, 1.165) is 32.4 Å². The zero-order valence-electron chi connectivity index (χ0n) is 10.9. The maximum absolute atomic E-state index is 11.1. The minimum absolute atomic E-state index is 0.168. The fourth-order valence-electron chi connectivity index (χ4n) is 3.50. The number of rotatable bonds is 2. The van der Waals surface area contributed by atoms with Crippen LogP contribution in [0.25, 0.3) is 0 Å². The second-order valence-electron chi connectivity index (χ2n) is 5.61. The molecule has 0 amide bonds. The molecule has 0 aromatic heterocycles. The van der Waals surface area contributed by atoms with Crippen LogP contribution in [0.15, 0.2) is 24.3 Å². The lowest BCUT2D eigenvalue weighted by Crippen LogP contribution is -2.58. The first kappa shape index (κ1) is 12.0. The first-order valence-corrected chi connectivity index (χ1v) is 7.01. The van der Waals surface area contributed by atoms with Crippen LogP contribution >= 0.6 is 0 Å². The molecule has 2 aliphatic heterocycles. The molecule has 3 heteroatoms. The summed E-state index contributed by atoms with van der Waals surface area (Å²) >= 11 is 0. The SMILES string of the molecule is CCC1CNCCC1(O)C1Cc2ccccc2N1. The van der Waals surface area contributed by atoms with Gasteiger partial charge in [0.05, 0.1) is 11.6 Å². The van der Waals surface area contributed by atoms with Crippen LogP contribution in [0, 0.1) is 5.92 Å². The molecule has 0 radical (unpaired) electrons. The molecule has 3 atom stereocenters. The van der Waals surface area contributed by atoms with E-state index in [9.17, 15) is 5.11 Å². The van der Waals surface area contributed by atoms with Crippen LogP contribution in [0.5, 0.6) is 0 Å². The molecule has 98 valence electrons. The third kappa shape index (κ3) is 1.82. The Labute approximate surface area is 109 Å². The highest BCUT2D eigenvalue weighted by Gasteiger charge is 2.46. The average molecular weight is 246 g/mol. The summed E-state index contributed by atoms with van der Waals surface area (Å²) in [6, 6.07) is 8.57. The summed E-state index contributed by atoms with van der Waals surface area (Å²) < 4.78 is 0. The monoisotopic (exact) mass is 246 g/mol. The first-order chi connectivity index (χ1) is 8.74. The maximum Gasteiger partial charge on any atom is 0.0903 e. The molecule has 2 heterocycles. The van der Waals surface area contributed by atoms with Crippen molar-refractivity contribution in [2.75, 3.05) is 18.4 Å². The number of hydrogen-bond acceptors (Lipinski definition) is 3. The highest BCUT2D eigenvalue weighted by atomic mass is 16.3. The van der Waals surface area contributed by atoms with E-state index in [2.05, 4.69) is 41.8 Å². The molecular weight excluding hydrogens is 224 g/mol. The van der Waals surface area contributed by atoms with Crippen LogP contribution in [0.1, 0.15) is 25.3 Å². The summed E-state index contributed by atoms with van der Waals surface area (Å²) in [5.41, 5.74) is 1.97. The normalized spacial score (nSPS) is 35.0. The fraction of sp³-hybridized carbons (Fsp3) is 0.600. The minimum Gasteiger partial charge on any atom is -0.387 e. The molecule has 0 bridgehead atoms. The van der Waals surface area contributed by atoms with Gasteiger partial charge in [-0.3, -0.25) is 0 Å². The Balaban J connectivity index is 1.83. The molecule has 1 fully saturated rings. The lowest BCUT2D eigenvalue weighted by atomic mass is 9.74. The third-order valence-electron chi connectivity index (χ3n) is 4.67. The Morgan fingerprint density at radius 3 is 3.00 bits per heavy atom. The van der Waals surface area contributed by atoms with E-state index in [-0.39, 0.29) is 6.04 Å². The van der Waals surface area contributed by atoms with Crippen LogP contribution < -0.4 is 10.6 Å². The van der Waals surface area contributed by atoms with Gasteiger partial charge in [0.25, 0.3) is 0 Å². The molecule has 1 aromatic rings. The van der Waals surface area contributed by atoms with Crippen molar-refractivity contribution in [1.29, 1.82) is 0 Å². The lowest BCUT2D eigenvalue weighted by molar-refractivity contribution is -0.0555. The Morgan fingerprint density at radius 2 is 2.22 bits per heavy atom. The summed E-state index contributed by atoms with van der Waals surface area (Å²) in [5.74, 6) is 0.345.